The van der Waals surface area contributed by atoms with Crippen LogP contribution in [-0.4, -0.2) is 30.3 Å². The zero-order valence-electron chi connectivity index (χ0n) is 13.4. The summed E-state index contributed by atoms with van der Waals surface area (Å²) in [5.41, 5.74) is 9.01. The lowest BCUT2D eigenvalue weighted by molar-refractivity contribution is 0.0887. The van der Waals surface area contributed by atoms with Gasteiger partial charge in [-0.3, -0.25) is 4.79 Å². The number of hydrogen-bond donors (Lipinski definition) is 1. The van der Waals surface area contributed by atoms with Crippen molar-refractivity contribution in [3.8, 4) is 11.3 Å². The van der Waals surface area contributed by atoms with Crippen LogP contribution in [0.2, 0.25) is 0 Å². The normalized spacial score (nSPS) is 11.0. The van der Waals surface area contributed by atoms with Gasteiger partial charge in [0.05, 0.1) is 11.9 Å². The molecule has 0 radical (unpaired) electrons. The molecule has 0 bridgehead atoms. The first kappa shape index (κ1) is 15.1. The Bertz CT molecular complexity index is 1030. The summed E-state index contributed by atoms with van der Waals surface area (Å²) >= 11 is 0. The van der Waals surface area contributed by atoms with E-state index in [1.54, 1.807) is 16.9 Å². The molecule has 7 nitrogen and oxygen atoms in total. The summed E-state index contributed by atoms with van der Waals surface area (Å²) in [4.78, 5) is 16.5. The van der Waals surface area contributed by atoms with Gasteiger partial charge in [-0.25, -0.2) is 9.20 Å². The predicted octanol–water partition coefficient (Wildman–Crippen LogP) is 2.45. The van der Waals surface area contributed by atoms with E-state index in [0.717, 1.165) is 16.8 Å². The van der Waals surface area contributed by atoms with Crippen molar-refractivity contribution in [3.63, 3.8) is 0 Å². The van der Waals surface area contributed by atoms with Crippen molar-refractivity contribution >= 4 is 17.5 Å². The van der Waals surface area contributed by atoms with Crippen molar-refractivity contribution in [3.05, 3.63) is 66.5 Å². The minimum absolute atomic E-state index is 0.0552. The van der Waals surface area contributed by atoms with Crippen LogP contribution in [0, 0.1) is 0 Å². The van der Waals surface area contributed by atoms with E-state index in [0.29, 0.717) is 18.5 Å². The number of fused-ring (bicyclic) bond motifs is 1. The number of anilines is 1. The summed E-state index contributed by atoms with van der Waals surface area (Å²) in [6, 6.07) is 15.5. The molecule has 3 aromatic heterocycles. The fourth-order valence-electron chi connectivity index (χ4n) is 2.74. The lowest BCUT2D eigenvalue weighted by atomic mass is 10.1. The number of carbonyl (C=O) groups is 1. The van der Waals surface area contributed by atoms with Gasteiger partial charge in [0.2, 0.25) is 11.9 Å². The van der Waals surface area contributed by atoms with Crippen molar-refractivity contribution in [2.75, 3.05) is 5.73 Å². The zero-order valence-corrected chi connectivity index (χ0v) is 13.4. The SMILES string of the molecule is Nc1nc2cccc(-c3cnn(C(=O)CCc4ccccc4)c3)n2n1. The average Bonchev–Trinajstić information content (AvgIpc) is 3.26. The van der Waals surface area contributed by atoms with Gasteiger partial charge in [-0.15, -0.1) is 5.10 Å². The number of nitrogen functional groups attached to an aromatic ring is 1. The van der Waals surface area contributed by atoms with Crippen molar-refractivity contribution < 1.29 is 4.79 Å². The Balaban J connectivity index is 1.56. The number of aryl methyl sites for hydroxylation is 1. The van der Waals surface area contributed by atoms with Gasteiger partial charge in [0.1, 0.15) is 0 Å². The smallest absolute Gasteiger partial charge is 0.247 e. The van der Waals surface area contributed by atoms with Gasteiger partial charge >= 0.3 is 0 Å². The first-order valence-corrected chi connectivity index (χ1v) is 7.94. The van der Waals surface area contributed by atoms with Crippen molar-refractivity contribution in [1.29, 1.82) is 0 Å². The van der Waals surface area contributed by atoms with E-state index < -0.39 is 0 Å². The molecule has 0 fully saturated rings. The second-order valence-corrected chi connectivity index (χ2v) is 5.70. The van der Waals surface area contributed by atoms with E-state index in [-0.39, 0.29) is 11.9 Å². The number of rotatable bonds is 4. The number of carbonyl (C=O) groups excluding carboxylic acids is 1. The molecule has 0 unspecified atom stereocenters. The summed E-state index contributed by atoms with van der Waals surface area (Å²) < 4.78 is 3.02. The topological polar surface area (TPSA) is 91.1 Å². The maximum Gasteiger partial charge on any atom is 0.247 e. The van der Waals surface area contributed by atoms with Gasteiger partial charge in [0, 0.05) is 18.2 Å². The van der Waals surface area contributed by atoms with E-state index in [4.69, 9.17) is 5.73 Å². The van der Waals surface area contributed by atoms with Crippen molar-refractivity contribution in [2.45, 2.75) is 12.8 Å². The minimum atomic E-state index is -0.0552. The van der Waals surface area contributed by atoms with E-state index in [2.05, 4.69) is 15.2 Å². The van der Waals surface area contributed by atoms with Gasteiger partial charge in [-0.1, -0.05) is 36.4 Å². The third-order valence-electron chi connectivity index (χ3n) is 3.98. The molecule has 4 aromatic rings. The fraction of sp³-hybridized carbons (Fsp3) is 0.111. The van der Waals surface area contributed by atoms with E-state index in [9.17, 15) is 4.79 Å². The maximum absolute atomic E-state index is 12.4. The lowest BCUT2D eigenvalue weighted by Gasteiger charge is -2.02. The number of aromatic nitrogens is 5. The standard InChI is InChI=1S/C18H16N6O/c19-18-21-16-8-4-7-15(24(16)22-18)14-11-20-23(12-14)17(25)10-9-13-5-2-1-3-6-13/h1-8,11-12H,9-10H2,(H2,19,22). The van der Waals surface area contributed by atoms with Gasteiger partial charge < -0.3 is 5.73 Å². The third kappa shape index (κ3) is 2.99. The Hall–Kier alpha value is -3.48. The highest BCUT2D eigenvalue weighted by Crippen LogP contribution is 2.20. The van der Waals surface area contributed by atoms with Gasteiger partial charge in [0.15, 0.2) is 5.65 Å². The highest BCUT2D eigenvalue weighted by atomic mass is 16.2. The molecule has 25 heavy (non-hydrogen) atoms. The summed E-state index contributed by atoms with van der Waals surface area (Å²) in [6.07, 6.45) is 4.43. The molecule has 0 atom stereocenters. The van der Waals surface area contributed by atoms with Crippen molar-refractivity contribution in [1.82, 2.24) is 24.4 Å². The molecular weight excluding hydrogens is 316 g/mol. The largest absolute Gasteiger partial charge is 0.366 e. The van der Waals surface area contributed by atoms with Crippen LogP contribution in [0.25, 0.3) is 16.9 Å². The summed E-state index contributed by atoms with van der Waals surface area (Å²) in [5, 5.41) is 8.37. The number of pyridine rings is 1. The Morgan fingerprint density at radius 2 is 1.92 bits per heavy atom. The number of benzene rings is 1. The van der Waals surface area contributed by atoms with E-state index in [1.165, 1.54) is 4.68 Å². The summed E-state index contributed by atoms with van der Waals surface area (Å²) in [7, 11) is 0. The Kier molecular flexibility index (Phi) is 3.74. The molecule has 0 saturated heterocycles. The van der Waals surface area contributed by atoms with Crippen LogP contribution in [0.15, 0.2) is 60.9 Å². The molecular formula is C18H16N6O. The third-order valence-corrected chi connectivity index (χ3v) is 3.98. The Morgan fingerprint density at radius 1 is 1.08 bits per heavy atom. The molecule has 0 aliphatic carbocycles. The monoisotopic (exact) mass is 332 g/mol. The van der Waals surface area contributed by atoms with E-state index in [1.807, 2.05) is 48.5 Å². The molecule has 7 heteroatoms. The van der Waals surface area contributed by atoms with Crippen LogP contribution in [-0.2, 0) is 6.42 Å². The van der Waals surface area contributed by atoms with Crippen LogP contribution in [0.1, 0.15) is 16.8 Å². The molecule has 4 rings (SSSR count). The quantitative estimate of drug-likeness (QED) is 0.620. The molecule has 0 aliphatic rings. The maximum atomic E-state index is 12.4. The predicted molar refractivity (Wildman–Crippen MR) is 94.0 cm³/mol. The van der Waals surface area contributed by atoms with Gasteiger partial charge in [-0.2, -0.15) is 10.1 Å². The molecule has 3 heterocycles. The highest BCUT2D eigenvalue weighted by molar-refractivity contribution is 5.79. The van der Waals surface area contributed by atoms with Gasteiger partial charge in [0.25, 0.3) is 0 Å². The second kappa shape index (κ2) is 6.20. The number of nitrogens with two attached hydrogens (primary N) is 1. The van der Waals surface area contributed by atoms with Crippen LogP contribution in [0.3, 0.4) is 0 Å². The van der Waals surface area contributed by atoms with Crippen LogP contribution in [0.4, 0.5) is 5.95 Å². The molecule has 1 aromatic carbocycles. The first-order chi connectivity index (χ1) is 12.2. The summed E-state index contributed by atoms with van der Waals surface area (Å²) in [6.45, 7) is 0. The minimum Gasteiger partial charge on any atom is -0.366 e. The van der Waals surface area contributed by atoms with Gasteiger partial charge in [-0.05, 0) is 24.1 Å². The zero-order chi connectivity index (χ0) is 17.2. The molecule has 0 spiro atoms. The van der Waals surface area contributed by atoms with E-state index >= 15 is 0 Å². The summed E-state index contributed by atoms with van der Waals surface area (Å²) in [5.74, 6) is 0.152. The molecule has 0 aliphatic heterocycles. The molecule has 0 amide bonds. The highest BCUT2D eigenvalue weighted by Gasteiger charge is 2.12. The molecule has 0 saturated carbocycles. The fourth-order valence-corrected chi connectivity index (χ4v) is 2.74. The average molecular weight is 332 g/mol. The number of nitrogens with zero attached hydrogens (tertiary/aromatic N) is 5. The molecule has 2 N–H and O–H groups in total. The van der Waals surface area contributed by atoms with Crippen molar-refractivity contribution in [2.24, 2.45) is 0 Å². The number of hydrogen-bond acceptors (Lipinski definition) is 5. The van der Waals surface area contributed by atoms with Crippen LogP contribution < -0.4 is 5.73 Å². The first-order valence-electron chi connectivity index (χ1n) is 7.94. The lowest BCUT2D eigenvalue weighted by Crippen LogP contribution is -2.11. The molecule has 124 valence electrons. The second-order valence-electron chi connectivity index (χ2n) is 5.70. The van der Waals surface area contributed by atoms with Crippen LogP contribution >= 0.6 is 0 Å². The Labute approximate surface area is 143 Å². The van der Waals surface area contributed by atoms with Crippen LogP contribution in [0.5, 0.6) is 0 Å². The Morgan fingerprint density at radius 3 is 2.76 bits per heavy atom.